The maximum Gasteiger partial charge on any atom is 0.249 e. The van der Waals surface area contributed by atoms with Crippen LogP contribution in [0.5, 0.6) is 5.75 Å². The molecule has 4 rings (SSSR count). The Bertz CT molecular complexity index is 1030. The first-order chi connectivity index (χ1) is 14.6. The molecule has 8 nitrogen and oxygen atoms in total. The van der Waals surface area contributed by atoms with Crippen LogP contribution in [0.2, 0.25) is 0 Å². The van der Waals surface area contributed by atoms with Gasteiger partial charge in [-0.2, -0.15) is 4.98 Å². The summed E-state index contributed by atoms with van der Waals surface area (Å²) in [5.74, 6) is -3.23. The summed E-state index contributed by atoms with van der Waals surface area (Å²) in [6.07, 6.45) is -0.287. The monoisotopic (exact) mass is 437 g/mol. The summed E-state index contributed by atoms with van der Waals surface area (Å²) in [5, 5.41) is 15.8. The van der Waals surface area contributed by atoms with E-state index in [4.69, 9.17) is 4.74 Å². The SMILES string of the molecule is Cc1nc(N[C@H]2C[C@H](Oc3cc(F)c(F)cc3F)C2)nc2c1NC(=O)[C@H]([C@H](C)O)N2C. The van der Waals surface area contributed by atoms with Crippen molar-refractivity contribution in [3.63, 3.8) is 0 Å². The van der Waals surface area contributed by atoms with Crippen molar-refractivity contribution in [3.8, 4) is 5.75 Å². The number of nitrogens with zero attached hydrogens (tertiary/aromatic N) is 3. The molecule has 11 heteroatoms. The van der Waals surface area contributed by atoms with Crippen molar-refractivity contribution < 1.29 is 27.8 Å². The van der Waals surface area contributed by atoms with Gasteiger partial charge in [0.2, 0.25) is 11.9 Å². The number of carbonyl (C=O) groups is 1. The molecule has 1 aliphatic heterocycles. The second kappa shape index (κ2) is 7.88. The van der Waals surface area contributed by atoms with E-state index in [0.29, 0.717) is 48.1 Å². The minimum Gasteiger partial charge on any atom is -0.487 e. The first kappa shape index (κ1) is 21.2. The first-order valence-electron chi connectivity index (χ1n) is 9.82. The van der Waals surface area contributed by atoms with Crippen molar-refractivity contribution in [3.05, 3.63) is 35.3 Å². The van der Waals surface area contributed by atoms with Gasteiger partial charge in [-0.1, -0.05) is 0 Å². The molecule has 1 aliphatic carbocycles. The molecule has 3 N–H and O–H groups in total. The quantitative estimate of drug-likeness (QED) is 0.618. The Morgan fingerprint density at radius 2 is 1.90 bits per heavy atom. The van der Waals surface area contributed by atoms with Crippen molar-refractivity contribution in [1.82, 2.24) is 9.97 Å². The average Bonchev–Trinajstić information content (AvgIpc) is 2.65. The van der Waals surface area contributed by atoms with Crippen molar-refractivity contribution in [1.29, 1.82) is 0 Å². The standard InChI is InChI=1S/C20H22F3N5O3/c1-8-16-18(28(3)17(9(2)29)19(30)26-16)27-20(24-8)25-10-4-11(5-10)31-15-7-13(22)12(21)6-14(15)23/h6-7,9-11,17,29H,4-5H2,1-3H3,(H,26,30)(H,24,25,27)/t9-,10-,11-,17-/m0/s1. The fraction of sp³-hybridized carbons (Fsp3) is 0.450. The van der Waals surface area contributed by atoms with E-state index in [9.17, 15) is 23.1 Å². The highest BCUT2D eigenvalue weighted by atomic mass is 19.2. The van der Waals surface area contributed by atoms with Crippen molar-refractivity contribution >= 4 is 23.4 Å². The summed E-state index contributed by atoms with van der Waals surface area (Å²) >= 11 is 0. The van der Waals surface area contributed by atoms with E-state index >= 15 is 0 Å². The Balaban J connectivity index is 1.42. The van der Waals surface area contributed by atoms with Crippen LogP contribution in [-0.2, 0) is 4.79 Å². The van der Waals surface area contributed by atoms with Gasteiger partial charge in [0.05, 0.1) is 11.8 Å². The maximum absolute atomic E-state index is 13.7. The lowest BCUT2D eigenvalue weighted by Crippen LogP contribution is -2.52. The number of ether oxygens (including phenoxy) is 1. The third-order valence-electron chi connectivity index (χ3n) is 5.49. The minimum absolute atomic E-state index is 0.0631. The second-order valence-corrected chi connectivity index (χ2v) is 7.87. The van der Waals surface area contributed by atoms with Gasteiger partial charge in [-0.15, -0.1) is 0 Å². The number of aliphatic hydroxyl groups is 1. The number of amides is 1. The van der Waals surface area contributed by atoms with Gasteiger partial charge in [-0.3, -0.25) is 4.79 Å². The van der Waals surface area contributed by atoms with E-state index < -0.39 is 29.6 Å². The topological polar surface area (TPSA) is 99.6 Å². The highest BCUT2D eigenvalue weighted by molar-refractivity contribution is 6.03. The van der Waals surface area contributed by atoms with E-state index in [1.165, 1.54) is 6.92 Å². The van der Waals surface area contributed by atoms with Gasteiger partial charge in [0.15, 0.2) is 29.0 Å². The van der Waals surface area contributed by atoms with E-state index in [1.807, 2.05) is 0 Å². The molecule has 0 spiro atoms. The molecule has 166 valence electrons. The number of nitrogens with one attached hydrogen (secondary N) is 2. The second-order valence-electron chi connectivity index (χ2n) is 7.87. The third-order valence-corrected chi connectivity index (χ3v) is 5.49. The van der Waals surface area contributed by atoms with E-state index in [-0.39, 0.29) is 23.8 Å². The van der Waals surface area contributed by atoms with Crippen LogP contribution in [-0.4, -0.2) is 52.3 Å². The van der Waals surface area contributed by atoms with Crippen LogP contribution in [0, 0.1) is 24.4 Å². The zero-order valence-electron chi connectivity index (χ0n) is 17.1. The van der Waals surface area contributed by atoms with Crippen LogP contribution >= 0.6 is 0 Å². The van der Waals surface area contributed by atoms with E-state index in [2.05, 4.69) is 20.6 Å². The summed E-state index contributed by atoms with van der Waals surface area (Å²) in [6, 6.07) is 0.317. The van der Waals surface area contributed by atoms with Crippen LogP contribution in [0.1, 0.15) is 25.5 Å². The molecule has 2 atom stereocenters. The lowest BCUT2D eigenvalue weighted by molar-refractivity contribution is -0.119. The number of benzene rings is 1. The zero-order valence-corrected chi connectivity index (χ0v) is 17.1. The van der Waals surface area contributed by atoms with Gasteiger partial charge < -0.3 is 25.4 Å². The molecule has 1 amide bonds. The summed E-state index contributed by atoms with van der Waals surface area (Å²) in [5.41, 5.74) is 1.05. The molecule has 1 aromatic carbocycles. The van der Waals surface area contributed by atoms with Gasteiger partial charge in [0.1, 0.15) is 17.8 Å². The molecular formula is C20H22F3N5O3. The molecule has 0 radical (unpaired) electrons. The van der Waals surface area contributed by atoms with E-state index in [1.54, 1.807) is 18.9 Å². The molecule has 0 bridgehead atoms. The molecule has 0 unspecified atom stereocenters. The normalized spacial score (nSPS) is 23.5. The molecule has 1 fully saturated rings. The average molecular weight is 437 g/mol. The van der Waals surface area contributed by atoms with Gasteiger partial charge in [0, 0.05) is 38.1 Å². The lowest BCUT2D eigenvalue weighted by atomic mass is 9.89. The largest absolute Gasteiger partial charge is 0.487 e. The molecule has 2 aliphatic rings. The van der Waals surface area contributed by atoms with Crippen LogP contribution in [0.15, 0.2) is 12.1 Å². The van der Waals surface area contributed by atoms with Crippen LogP contribution in [0.25, 0.3) is 0 Å². The molecular weight excluding hydrogens is 415 g/mol. The molecule has 1 saturated carbocycles. The summed E-state index contributed by atoms with van der Waals surface area (Å²) < 4.78 is 45.5. The van der Waals surface area contributed by atoms with Crippen LogP contribution < -0.4 is 20.3 Å². The number of carbonyl (C=O) groups excluding carboxylic acids is 1. The molecule has 31 heavy (non-hydrogen) atoms. The minimum atomic E-state index is -1.27. The predicted octanol–water partition coefficient (Wildman–Crippen LogP) is 2.36. The number of halogens is 3. The highest BCUT2D eigenvalue weighted by Gasteiger charge is 2.37. The molecule has 0 saturated heterocycles. The number of aryl methyl sites for hydroxylation is 1. The Morgan fingerprint density at radius 1 is 1.23 bits per heavy atom. The summed E-state index contributed by atoms with van der Waals surface area (Å²) in [7, 11) is 1.68. The number of aliphatic hydroxyl groups excluding tert-OH is 1. The number of anilines is 3. The molecule has 2 aromatic rings. The Hall–Kier alpha value is -3.08. The fourth-order valence-electron chi connectivity index (χ4n) is 3.81. The van der Waals surface area contributed by atoms with E-state index in [0.717, 1.165) is 0 Å². The van der Waals surface area contributed by atoms with Crippen molar-refractivity contribution in [2.45, 2.75) is 51.0 Å². The zero-order chi connectivity index (χ0) is 22.4. The number of hydrogen-bond acceptors (Lipinski definition) is 7. The van der Waals surface area contributed by atoms with Gasteiger partial charge >= 0.3 is 0 Å². The Labute approximate surface area is 176 Å². The van der Waals surface area contributed by atoms with Crippen LogP contribution in [0.4, 0.5) is 30.6 Å². The summed E-state index contributed by atoms with van der Waals surface area (Å²) in [6.45, 7) is 3.27. The Kier molecular flexibility index (Phi) is 5.38. The third kappa shape index (κ3) is 3.97. The smallest absolute Gasteiger partial charge is 0.249 e. The van der Waals surface area contributed by atoms with Gasteiger partial charge in [-0.05, 0) is 13.8 Å². The summed E-state index contributed by atoms with van der Waals surface area (Å²) in [4.78, 5) is 22.7. The molecule has 1 aromatic heterocycles. The molecule has 2 heterocycles. The number of likely N-dealkylation sites (N-methyl/N-ethyl adjacent to an activating group) is 1. The van der Waals surface area contributed by atoms with Crippen molar-refractivity contribution in [2.24, 2.45) is 0 Å². The Morgan fingerprint density at radius 3 is 2.58 bits per heavy atom. The van der Waals surface area contributed by atoms with Gasteiger partial charge in [0.25, 0.3) is 0 Å². The predicted molar refractivity (Wildman–Crippen MR) is 107 cm³/mol. The lowest BCUT2D eigenvalue weighted by Gasteiger charge is -2.38. The van der Waals surface area contributed by atoms with Crippen molar-refractivity contribution in [2.75, 3.05) is 22.6 Å². The number of fused-ring (bicyclic) bond motifs is 1. The van der Waals surface area contributed by atoms with Gasteiger partial charge in [-0.25, -0.2) is 18.2 Å². The number of hydrogen-bond donors (Lipinski definition) is 3. The number of rotatable bonds is 5. The highest BCUT2D eigenvalue weighted by Crippen LogP contribution is 2.35. The number of aromatic nitrogens is 2. The maximum atomic E-state index is 13.7. The first-order valence-corrected chi connectivity index (χ1v) is 9.82. The fourth-order valence-corrected chi connectivity index (χ4v) is 3.81. The van der Waals surface area contributed by atoms with Crippen LogP contribution in [0.3, 0.4) is 0 Å².